The first-order valence-electron chi connectivity index (χ1n) is 9.74. The number of methoxy groups -OCH3 is 1. The molecule has 8 heteroatoms. The molecule has 1 aliphatic heterocycles. The van der Waals surface area contributed by atoms with Gasteiger partial charge in [0.1, 0.15) is 33.7 Å². The lowest BCUT2D eigenvalue weighted by molar-refractivity contribution is -0.188. The van der Waals surface area contributed by atoms with Crippen molar-refractivity contribution in [2.24, 2.45) is 0 Å². The number of ether oxygens (including phenoxy) is 4. The largest absolute Gasteiger partial charge is 0.495 e. The van der Waals surface area contributed by atoms with Crippen molar-refractivity contribution in [3.8, 4) is 11.5 Å². The number of para-hydroxylation sites is 1. The van der Waals surface area contributed by atoms with E-state index in [0.29, 0.717) is 22.3 Å². The molecule has 0 saturated heterocycles. The second-order valence-electron chi connectivity index (χ2n) is 7.89. The van der Waals surface area contributed by atoms with Crippen LogP contribution < -0.4 is 14.9 Å². The average Bonchev–Trinajstić information content (AvgIpc) is 2.68. The van der Waals surface area contributed by atoms with E-state index in [1.165, 1.54) is 21.0 Å². The topological polar surface area (TPSA) is 101 Å². The Labute approximate surface area is 177 Å². The van der Waals surface area contributed by atoms with Crippen LogP contribution in [0.15, 0.2) is 39.5 Å². The number of benzene rings is 2. The lowest BCUT2D eigenvalue weighted by Crippen LogP contribution is -2.52. The van der Waals surface area contributed by atoms with Crippen molar-refractivity contribution in [2.75, 3.05) is 7.11 Å². The molecule has 3 aromatic rings. The Balaban J connectivity index is 2.09. The van der Waals surface area contributed by atoms with Gasteiger partial charge in [0.15, 0.2) is 12.2 Å². The summed E-state index contributed by atoms with van der Waals surface area (Å²) in [6.07, 6.45) is -2.02. The lowest BCUT2D eigenvalue weighted by atomic mass is 9.86. The maximum absolute atomic E-state index is 13.3. The van der Waals surface area contributed by atoms with Crippen LogP contribution >= 0.6 is 0 Å². The van der Waals surface area contributed by atoms with Gasteiger partial charge in [-0.25, -0.2) is 0 Å². The number of carbonyl (C=O) groups is 2. The Morgan fingerprint density at radius 1 is 1.03 bits per heavy atom. The minimum absolute atomic E-state index is 0.144. The molecule has 0 fully saturated rings. The fourth-order valence-corrected chi connectivity index (χ4v) is 4.02. The van der Waals surface area contributed by atoms with E-state index in [1.54, 1.807) is 44.2 Å². The highest BCUT2D eigenvalue weighted by atomic mass is 16.6. The summed E-state index contributed by atoms with van der Waals surface area (Å²) in [6.45, 7) is 5.94. The smallest absolute Gasteiger partial charge is 0.303 e. The van der Waals surface area contributed by atoms with Crippen molar-refractivity contribution >= 4 is 33.9 Å². The minimum Gasteiger partial charge on any atom is -0.495 e. The van der Waals surface area contributed by atoms with Gasteiger partial charge < -0.3 is 23.4 Å². The lowest BCUT2D eigenvalue weighted by Gasteiger charge is -2.43. The summed E-state index contributed by atoms with van der Waals surface area (Å²) < 4.78 is 28.8. The molecule has 1 aliphatic rings. The third-order valence-corrected chi connectivity index (χ3v) is 5.23. The van der Waals surface area contributed by atoms with Gasteiger partial charge in [-0.1, -0.05) is 12.1 Å². The summed E-state index contributed by atoms with van der Waals surface area (Å²) in [6, 6.07) is 8.44. The maximum atomic E-state index is 13.3. The van der Waals surface area contributed by atoms with Crippen LogP contribution in [0.1, 0.15) is 39.4 Å². The van der Waals surface area contributed by atoms with Gasteiger partial charge in [0.2, 0.25) is 5.43 Å². The van der Waals surface area contributed by atoms with Crippen molar-refractivity contribution in [1.82, 2.24) is 0 Å². The van der Waals surface area contributed by atoms with Gasteiger partial charge in [-0.05, 0) is 26.0 Å². The number of hydrogen-bond acceptors (Lipinski definition) is 8. The van der Waals surface area contributed by atoms with Crippen molar-refractivity contribution in [2.45, 2.75) is 45.5 Å². The second kappa shape index (κ2) is 7.30. The number of carbonyl (C=O) groups excluding carboxylic acids is 2. The van der Waals surface area contributed by atoms with Crippen LogP contribution in [0.3, 0.4) is 0 Å². The molecule has 2 heterocycles. The standard InChI is InChI=1S/C23H22O8/c1-11(24)28-21-18-16(31-23(3,4)22(21)29-12(2)25)10-15-17(20(18)27-5)19(26)13-8-6-7-9-14(13)30-15/h6-10,21-22H,1-5H3/t21-,22-/m0/s1. The third-order valence-electron chi connectivity index (χ3n) is 5.23. The number of rotatable bonds is 3. The predicted molar refractivity (Wildman–Crippen MR) is 111 cm³/mol. The Kier molecular flexibility index (Phi) is 4.88. The molecule has 1 aromatic heterocycles. The van der Waals surface area contributed by atoms with E-state index >= 15 is 0 Å². The van der Waals surface area contributed by atoms with Gasteiger partial charge >= 0.3 is 11.9 Å². The van der Waals surface area contributed by atoms with Gasteiger partial charge in [-0.2, -0.15) is 0 Å². The molecular weight excluding hydrogens is 404 g/mol. The molecule has 8 nitrogen and oxygen atoms in total. The quantitative estimate of drug-likeness (QED) is 0.462. The van der Waals surface area contributed by atoms with Gasteiger partial charge in [0.25, 0.3) is 0 Å². The first-order valence-corrected chi connectivity index (χ1v) is 9.74. The molecule has 2 atom stereocenters. The average molecular weight is 426 g/mol. The highest BCUT2D eigenvalue weighted by molar-refractivity contribution is 5.95. The summed E-state index contributed by atoms with van der Waals surface area (Å²) in [7, 11) is 1.40. The van der Waals surface area contributed by atoms with Crippen LogP contribution in [0.4, 0.5) is 0 Å². The van der Waals surface area contributed by atoms with Gasteiger partial charge in [0.05, 0.1) is 18.1 Å². The summed E-state index contributed by atoms with van der Waals surface area (Å²) in [4.78, 5) is 37.0. The molecule has 0 radical (unpaired) electrons. The fraction of sp³-hybridized carbons (Fsp3) is 0.348. The van der Waals surface area contributed by atoms with Crippen LogP contribution in [0, 0.1) is 0 Å². The van der Waals surface area contributed by atoms with Crippen molar-refractivity contribution in [1.29, 1.82) is 0 Å². The molecule has 31 heavy (non-hydrogen) atoms. The highest BCUT2D eigenvalue weighted by Gasteiger charge is 2.50. The SMILES string of the molecule is COc1c2c(cc3oc4ccccc4c(=O)c13)OC(C)(C)[C@@H](OC(C)=O)[C@H]2OC(C)=O. The van der Waals surface area contributed by atoms with Crippen molar-refractivity contribution in [3.63, 3.8) is 0 Å². The normalized spacial score (nSPS) is 19.4. The number of hydrogen-bond donors (Lipinski definition) is 0. The van der Waals surface area contributed by atoms with E-state index in [4.69, 9.17) is 23.4 Å². The summed E-state index contributed by atoms with van der Waals surface area (Å²) in [5.74, 6) is -0.695. The monoisotopic (exact) mass is 426 g/mol. The minimum atomic E-state index is -1.05. The van der Waals surface area contributed by atoms with Gasteiger partial charge in [-0.15, -0.1) is 0 Å². The number of fused-ring (bicyclic) bond motifs is 3. The van der Waals surface area contributed by atoms with Gasteiger partial charge in [-0.3, -0.25) is 14.4 Å². The zero-order chi connectivity index (χ0) is 22.5. The Morgan fingerprint density at radius 3 is 2.35 bits per heavy atom. The molecule has 162 valence electrons. The molecule has 0 saturated carbocycles. The first kappa shape index (κ1) is 20.7. The van der Waals surface area contributed by atoms with E-state index in [9.17, 15) is 14.4 Å². The van der Waals surface area contributed by atoms with Crippen LogP contribution in [0.5, 0.6) is 11.5 Å². The van der Waals surface area contributed by atoms with Crippen LogP contribution in [-0.2, 0) is 19.1 Å². The van der Waals surface area contributed by atoms with Crippen LogP contribution in [-0.4, -0.2) is 30.8 Å². The molecular formula is C23H22O8. The van der Waals surface area contributed by atoms with E-state index in [0.717, 1.165) is 0 Å². The zero-order valence-electron chi connectivity index (χ0n) is 17.8. The molecule has 0 N–H and O–H groups in total. The molecule has 0 amide bonds. The summed E-state index contributed by atoms with van der Waals surface area (Å²) >= 11 is 0. The van der Waals surface area contributed by atoms with Crippen molar-refractivity contribution < 1.29 is 33.0 Å². The first-order chi connectivity index (χ1) is 14.6. The van der Waals surface area contributed by atoms with Gasteiger partial charge in [0, 0.05) is 19.9 Å². The second-order valence-corrected chi connectivity index (χ2v) is 7.89. The maximum Gasteiger partial charge on any atom is 0.303 e. The van der Waals surface area contributed by atoms with E-state index in [2.05, 4.69) is 0 Å². The predicted octanol–water partition coefficient (Wildman–Crippen LogP) is 3.66. The van der Waals surface area contributed by atoms with Crippen LogP contribution in [0.2, 0.25) is 0 Å². The Bertz CT molecular complexity index is 1270. The van der Waals surface area contributed by atoms with Crippen LogP contribution in [0.25, 0.3) is 21.9 Å². The molecule has 4 rings (SSSR count). The molecule has 2 aromatic carbocycles. The number of esters is 2. The fourth-order valence-electron chi connectivity index (χ4n) is 4.02. The molecule has 0 spiro atoms. The molecule has 0 bridgehead atoms. The Hall–Kier alpha value is -3.55. The molecule has 0 aliphatic carbocycles. The van der Waals surface area contributed by atoms with Crippen molar-refractivity contribution in [3.05, 3.63) is 46.1 Å². The molecule has 0 unspecified atom stereocenters. The third kappa shape index (κ3) is 3.37. The summed E-state index contributed by atoms with van der Waals surface area (Å²) in [5, 5.41) is 0.563. The van der Waals surface area contributed by atoms with E-state index in [1.807, 2.05) is 0 Å². The highest BCUT2D eigenvalue weighted by Crippen LogP contribution is 2.50. The summed E-state index contributed by atoms with van der Waals surface area (Å²) in [5.41, 5.74) is -0.353. The zero-order valence-corrected chi connectivity index (χ0v) is 17.8. The Morgan fingerprint density at radius 2 is 1.71 bits per heavy atom. The van der Waals surface area contributed by atoms with E-state index < -0.39 is 29.7 Å². The van der Waals surface area contributed by atoms with E-state index in [-0.39, 0.29) is 22.1 Å².